The van der Waals surface area contributed by atoms with E-state index in [1.807, 2.05) is 52.2 Å². The molecule has 0 unspecified atom stereocenters. The van der Waals surface area contributed by atoms with Gasteiger partial charge in [-0.1, -0.05) is 47.7 Å². The van der Waals surface area contributed by atoms with Crippen LogP contribution in [0.3, 0.4) is 0 Å². The molecular weight excluding hydrogens is 364 g/mol. The monoisotopic (exact) mass is 390 g/mol. The summed E-state index contributed by atoms with van der Waals surface area (Å²) in [5.41, 5.74) is 2.27. The van der Waals surface area contributed by atoms with Gasteiger partial charge in [-0.2, -0.15) is 0 Å². The minimum absolute atomic E-state index is 0.220. The lowest BCUT2D eigenvalue weighted by atomic mass is 10.0. The summed E-state index contributed by atoms with van der Waals surface area (Å²) in [6.07, 6.45) is 6.71. The zero-order chi connectivity index (χ0) is 19.9. The van der Waals surface area contributed by atoms with Crippen molar-refractivity contribution in [1.29, 1.82) is 0 Å². The summed E-state index contributed by atoms with van der Waals surface area (Å²) in [6.45, 7) is 2.11. The fourth-order valence-corrected chi connectivity index (χ4v) is 3.73. The van der Waals surface area contributed by atoms with Gasteiger partial charge in [0.25, 0.3) is 0 Å². The van der Waals surface area contributed by atoms with Gasteiger partial charge in [0.05, 0.1) is 12.2 Å². The molecule has 0 N–H and O–H groups in total. The van der Waals surface area contributed by atoms with E-state index in [0.717, 1.165) is 49.2 Å². The number of aryl methyl sites for hydroxylation is 1. The van der Waals surface area contributed by atoms with Gasteiger partial charge in [-0.3, -0.25) is 4.79 Å². The van der Waals surface area contributed by atoms with E-state index in [2.05, 4.69) is 28.5 Å². The molecule has 1 aliphatic heterocycles. The van der Waals surface area contributed by atoms with E-state index in [4.69, 9.17) is 4.74 Å². The van der Waals surface area contributed by atoms with Crippen LogP contribution < -0.4 is 4.74 Å². The van der Waals surface area contributed by atoms with Gasteiger partial charge in [-0.25, -0.2) is 4.68 Å². The number of nitrogens with zero attached hydrogens (tertiary/aromatic N) is 4. The van der Waals surface area contributed by atoms with E-state index in [9.17, 15) is 4.79 Å². The van der Waals surface area contributed by atoms with Gasteiger partial charge in [0.1, 0.15) is 12.4 Å². The molecule has 1 aliphatic rings. The number of benzene rings is 2. The van der Waals surface area contributed by atoms with Crippen LogP contribution in [-0.4, -0.2) is 38.9 Å². The molecule has 1 saturated heterocycles. The van der Waals surface area contributed by atoms with Crippen molar-refractivity contribution in [3.8, 4) is 5.75 Å². The Morgan fingerprint density at radius 1 is 1.03 bits per heavy atom. The van der Waals surface area contributed by atoms with Crippen molar-refractivity contribution in [3.63, 3.8) is 0 Å². The highest BCUT2D eigenvalue weighted by molar-refractivity contribution is 5.76. The minimum Gasteiger partial charge on any atom is -0.489 e. The second-order valence-electron chi connectivity index (χ2n) is 7.42. The highest BCUT2D eigenvalue weighted by atomic mass is 16.5. The van der Waals surface area contributed by atoms with Gasteiger partial charge < -0.3 is 9.64 Å². The van der Waals surface area contributed by atoms with Crippen molar-refractivity contribution in [2.24, 2.45) is 0 Å². The fourth-order valence-electron chi connectivity index (χ4n) is 3.73. The molecule has 150 valence electrons. The maximum atomic E-state index is 12.6. The zero-order valence-corrected chi connectivity index (χ0v) is 16.5. The Kier molecular flexibility index (Phi) is 6.19. The molecule has 1 aromatic heterocycles. The molecule has 0 saturated carbocycles. The van der Waals surface area contributed by atoms with Gasteiger partial charge in [-0.15, -0.1) is 5.10 Å². The van der Waals surface area contributed by atoms with E-state index in [1.165, 1.54) is 0 Å². The van der Waals surface area contributed by atoms with Crippen LogP contribution in [0.1, 0.15) is 36.4 Å². The summed E-state index contributed by atoms with van der Waals surface area (Å²) in [5.74, 6) is 1.06. The zero-order valence-electron chi connectivity index (χ0n) is 16.5. The van der Waals surface area contributed by atoms with Crippen molar-refractivity contribution in [3.05, 3.63) is 78.1 Å². The highest BCUT2D eigenvalue weighted by Gasteiger charge is 2.23. The number of amides is 1. The van der Waals surface area contributed by atoms with Crippen molar-refractivity contribution in [2.75, 3.05) is 13.1 Å². The van der Waals surface area contributed by atoms with Crippen LogP contribution in [0.4, 0.5) is 0 Å². The number of rotatable bonds is 7. The van der Waals surface area contributed by atoms with Gasteiger partial charge in [0.15, 0.2) is 0 Å². The molecule has 0 aliphatic carbocycles. The molecule has 2 aromatic carbocycles. The van der Waals surface area contributed by atoms with E-state index >= 15 is 0 Å². The number of ether oxygens (including phenoxy) is 1. The number of carbonyl (C=O) groups excluding carboxylic acids is 1. The topological polar surface area (TPSA) is 60.2 Å². The average molecular weight is 390 g/mol. The maximum Gasteiger partial charge on any atom is 0.222 e. The fraction of sp³-hybridized carbons (Fsp3) is 0.348. The Morgan fingerprint density at radius 3 is 2.59 bits per heavy atom. The first-order valence-corrected chi connectivity index (χ1v) is 10.2. The number of piperidine rings is 1. The van der Waals surface area contributed by atoms with Crippen LogP contribution in [0.5, 0.6) is 5.75 Å². The first-order chi connectivity index (χ1) is 14.3. The Bertz CT molecular complexity index is 904. The second-order valence-corrected chi connectivity index (χ2v) is 7.42. The molecule has 29 heavy (non-hydrogen) atoms. The Morgan fingerprint density at radius 2 is 1.83 bits per heavy atom. The first kappa shape index (κ1) is 19.2. The van der Waals surface area contributed by atoms with Gasteiger partial charge >= 0.3 is 0 Å². The third kappa shape index (κ3) is 5.22. The van der Waals surface area contributed by atoms with Crippen LogP contribution in [-0.2, 0) is 17.8 Å². The lowest BCUT2D eigenvalue weighted by molar-refractivity contribution is -0.132. The van der Waals surface area contributed by atoms with Gasteiger partial charge in [-0.05, 0) is 42.5 Å². The van der Waals surface area contributed by atoms with E-state index in [0.29, 0.717) is 19.1 Å². The SMILES string of the molecule is O=C(CCc1cccc(OCc2ccccc2)c1)N1CCC(n2ccnn2)CC1. The summed E-state index contributed by atoms with van der Waals surface area (Å²) >= 11 is 0. The molecule has 6 heteroatoms. The van der Waals surface area contributed by atoms with Crippen molar-refractivity contribution in [2.45, 2.75) is 38.3 Å². The van der Waals surface area contributed by atoms with Crippen LogP contribution >= 0.6 is 0 Å². The molecule has 3 aromatic rings. The number of hydrogen-bond donors (Lipinski definition) is 0. The van der Waals surface area contributed by atoms with Crippen LogP contribution in [0.15, 0.2) is 67.0 Å². The molecule has 6 nitrogen and oxygen atoms in total. The number of carbonyl (C=O) groups is 1. The molecule has 1 amide bonds. The lowest BCUT2D eigenvalue weighted by Gasteiger charge is -2.32. The Hall–Kier alpha value is -3.15. The number of likely N-dealkylation sites (tertiary alicyclic amines) is 1. The Balaban J connectivity index is 1.24. The molecule has 0 spiro atoms. The quantitative estimate of drug-likeness (QED) is 0.618. The predicted molar refractivity (Wildman–Crippen MR) is 110 cm³/mol. The van der Waals surface area contributed by atoms with Gasteiger partial charge in [0.2, 0.25) is 5.91 Å². The molecule has 0 radical (unpaired) electrons. The second kappa shape index (κ2) is 9.37. The van der Waals surface area contributed by atoms with E-state index in [1.54, 1.807) is 6.20 Å². The molecule has 0 atom stereocenters. The smallest absolute Gasteiger partial charge is 0.222 e. The molecule has 1 fully saturated rings. The van der Waals surface area contributed by atoms with E-state index in [-0.39, 0.29) is 5.91 Å². The highest BCUT2D eigenvalue weighted by Crippen LogP contribution is 2.22. The molecule has 4 rings (SSSR count). The van der Waals surface area contributed by atoms with Crippen molar-refractivity contribution >= 4 is 5.91 Å². The molecule has 0 bridgehead atoms. The minimum atomic E-state index is 0.220. The Labute approximate surface area is 171 Å². The summed E-state index contributed by atoms with van der Waals surface area (Å²) in [5, 5.41) is 7.95. The van der Waals surface area contributed by atoms with Crippen molar-refractivity contribution in [1.82, 2.24) is 19.9 Å². The standard InChI is InChI=1S/C23H26N4O2/c28-23(26-14-11-21(12-15-26)27-16-13-24-25-27)10-9-19-7-4-8-22(17-19)29-18-20-5-2-1-3-6-20/h1-8,13,16-17,21H,9-12,14-15,18H2. The third-order valence-corrected chi connectivity index (χ3v) is 5.41. The van der Waals surface area contributed by atoms with Crippen LogP contribution in [0.2, 0.25) is 0 Å². The maximum absolute atomic E-state index is 12.6. The summed E-state index contributed by atoms with van der Waals surface area (Å²) in [6, 6.07) is 18.5. The molecule has 2 heterocycles. The summed E-state index contributed by atoms with van der Waals surface area (Å²) in [4.78, 5) is 14.6. The average Bonchev–Trinajstić information content (AvgIpc) is 3.32. The summed E-state index contributed by atoms with van der Waals surface area (Å²) < 4.78 is 7.80. The normalized spacial score (nSPS) is 14.7. The lowest BCUT2D eigenvalue weighted by Crippen LogP contribution is -2.39. The number of hydrogen-bond acceptors (Lipinski definition) is 4. The van der Waals surface area contributed by atoms with Crippen LogP contribution in [0, 0.1) is 0 Å². The van der Waals surface area contributed by atoms with E-state index < -0.39 is 0 Å². The first-order valence-electron chi connectivity index (χ1n) is 10.2. The van der Waals surface area contributed by atoms with Crippen molar-refractivity contribution < 1.29 is 9.53 Å². The summed E-state index contributed by atoms with van der Waals surface area (Å²) in [7, 11) is 0. The van der Waals surface area contributed by atoms with Gasteiger partial charge in [0, 0.05) is 25.7 Å². The predicted octanol–water partition coefficient (Wildman–Crippen LogP) is 3.65. The third-order valence-electron chi connectivity index (χ3n) is 5.41. The van der Waals surface area contributed by atoms with Crippen LogP contribution in [0.25, 0.3) is 0 Å². The molecular formula is C23H26N4O2. The number of aromatic nitrogens is 3. The largest absolute Gasteiger partial charge is 0.489 e.